The monoisotopic (exact) mass is 299 g/mol. The van der Waals surface area contributed by atoms with Gasteiger partial charge in [0, 0.05) is 5.56 Å². The van der Waals surface area contributed by atoms with Crippen molar-refractivity contribution in [1.29, 1.82) is 0 Å². The van der Waals surface area contributed by atoms with Crippen LogP contribution in [0.4, 0.5) is 5.69 Å². The van der Waals surface area contributed by atoms with Crippen LogP contribution >= 0.6 is 0 Å². The lowest BCUT2D eigenvalue weighted by Crippen LogP contribution is -2.08. The van der Waals surface area contributed by atoms with Crippen molar-refractivity contribution in [2.45, 2.75) is 6.10 Å². The predicted octanol–water partition coefficient (Wildman–Crippen LogP) is 2.60. The number of ether oxygens (including phenoxy) is 2. The predicted molar refractivity (Wildman–Crippen MR) is 78.2 cm³/mol. The molecule has 0 radical (unpaired) electrons. The maximum atomic E-state index is 12.4. The molecule has 2 aromatic rings. The maximum absolute atomic E-state index is 12.4. The molecule has 1 unspecified atom stereocenters. The third-order valence-electron chi connectivity index (χ3n) is 3.28. The Balaban J connectivity index is 1.89. The molecule has 112 valence electrons. The number of ketones is 1. The average Bonchev–Trinajstić information content (AvgIpc) is 3.37. The first kappa shape index (κ1) is 14.2. The maximum Gasteiger partial charge on any atom is 0.284 e. The highest BCUT2D eigenvalue weighted by Gasteiger charge is 2.25. The average molecular weight is 299 g/mol. The number of carbonyl (C=O) groups excluding carboxylic acids is 1. The number of benzene rings is 2. The van der Waals surface area contributed by atoms with Crippen LogP contribution in [0.2, 0.25) is 0 Å². The molecule has 0 aliphatic carbocycles. The fourth-order valence-electron chi connectivity index (χ4n) is 2.04. The first-order valence-electron chi connectivity index (χ1n) is 6.78. The van der Waals surface area contributed by atoms with Gasteiger partial charge in [-0.3, -0.25) is 14.9 Å². The zero-order chi connectivity index (χ0) is 15.5. The third kappa shape index (κ3) is 3.12. The van der Waals surface area contributed by atoms with Crippen LogP contribution < -0.4 is 4.74 Å². The lowest BCUT2D eigenvalue weighted by molar-refractivity contribution is -0.385. The Bertz CT molecular complexity index is 710. The molecule has 1 saturated heterocycles. The van der Waals surface area contributed by atoms with Crippen molar-refractivity contribution in [3.8, 4) is 5.75 Å². The van der Waals surface area contributed by atoms with Crippen LogP contribution in [-0.2, 0) is 4.74 Å². The molecule has 22 heavy (non-hydrogen) atoms. The number of rotatable bonds is 6. The summed E-state index contributed by atoms with van der Waals surface area (Å²) in [6, 6.07) is 12.7. The number of hydrogen-bond acceptors (Lipinski definition) is 5. The van der Waals surface area contributed by atoms with Crippen molar-refractivity contribution in [2.75, 3.05) is 13.2 Å². The molecule has 0 bridgehead atoms. The molecule has 1 atom stereocenters. The second-order valence-corrected chi connectivity index (χ2v) is 4.90. The Hall–Kier alpha value is -2.73. The summed E-state index contributed by atoms with van der Waals surface area (Å²) in [6.07, 6.45) is 0.0599. The second-order valence-electron chi connectivity index (χ2n) is 4.90. The van der Waals surface area contributed by atoms with Gasteiger partial charge in [-0.1, -0.05) is 30.3 Å². The van der Waals surface area contributed by atoms with Crippen molar-refractivity contribution in [2.24, 2.45) is 0 Å². The van der Waals surface area contributed by atoms with Crippen LogP contribution in [0.15, 0.2) is 48.5 Å². The third-order valence-corrected chi connectivity index (χ3v) is 3.28. The summed E-state index contributed by atoms with van der Waals surface area (Å²) in [5.41, 5.74) is 0.194. The van der Waals surface area contributed by atoms with E-state index in [2.05, 4.69) is 0 Å². The quantitative estimate of drug-likeness (QED) is 0.354. The highest BCUT2D eigenvalue weighted by molar-refractivity contribution is 6.11. The highest BCUT2D eigenvalue weighted by Crippen LogP contribution is 2.27. The number of nitro groups is 1. The van der Waals surface area contributed by atoms with Crippen molar-refractivity contribution in [1.82, 2.24) is 0 Å². The SMILES string of the molecule is O=C(c1ccccc1)c1ccc(OCC2CO2)cc1[N+](=O)[O-]. The van der Waals surface area contributed by atoms with E-state index in [4.69, 9.17) is 9.47 Å². The van der Waals surface area contributed by atoms with Gasteiger partial charge in [0.05, 0.1) is 17.6 Å². The van der Waals surface area contributed by atoms with Crippen LogP contribution in [0.1, 0.15) is 15.9 Å². The molecule has 0 saturated carbocycles. The Morgan fingerprint density at radius 2 is 2.00 bits per heavy atom. The van der Waals surface area contributed by atoms with Crippen molar-refractivity contribution >= 4 is 11.5 Å². The summed E-state index contributed by atoms with van der Waals surface area (Å²) in [5, 5.41) is 11.2. The van der Waals surface area contributed by atoms with Gasteiger partial charge in [-0.05, 0) is 12.1 Å². The van der Waals surface area contributed by atoms with Gasteiger partial charge in [0.2, 0.25) is 0 Å². The fraction of sp³-hybridized carbons (Fsp3) is 0.188. The zero-order valence-corrected chi connectivity index (χ0v) is 11.6. The Morgan fingerprint density at radius 3 is 2.64 bits per heavy atom. The van der Waals surface area contributed by atoms with Crippen LogP contribution in [0.5, 0.6) is 5.75 Å². The minimum absolute atomic E-state index is 0.0474. The van der Waals surface area contributed by atoms with Gasteiger partial charge < -0.3 is 9.47 Å². The van der Waals surface area contributed by atoms with E-state index in [-0.39, 0.29) is 23.1 Å². The van der Waals surface area contributed by atoms with Gasteiger partial charge in [0.1, 0.15) is 24.0 Å². The molecular formula is C16H13NO5. The minimum atomic E-state index is -0.573. The molecule has 0 amide bonds. The standard InChI is InChI=1S/C16H13NO5/c18-16(11-4-2-1-3-5-11)14-7-6-12(8-15(14)17(19)20)21-9-13-10-22-13/h1-8,13H,9-10H2. The van der Waals surface area contributed by atoms with Crippen LogP contribution in [-0.4, -0.2) is 30.0 Å². The Morgan fingerprint density at radius 1 is 1.27 bits per heavy atom. The van der Waals surface area contributed by atoms with Crippen LogP contribution in [0, 0.1) is 10.1 Å². The van der Waals surface area contributed by atoms with E-state index >= 15 is 0 Å². The number of hydrogen-bond donors (Lipinski definition) is 0. The number of nitrogens with zero attached hydrogens (tertiary/aromatic N) is 1. The van der Waals surface area contributed by atoms with E-state index in [1.54, 1.807) is 36.4 Å². The van der Waals surface area contributed by atoms with E-state index in [1.165, 1.54) is 12.1 Å². The number of epoxide rings is 1. The molecule has 0 spiro atoms. The molecular weight excluding hydrogens is 286 g/mol. The zero-order valence-electron chi connectivity index (χ0n) is 11.6. The molecule has 3 rings (SSSR count). The smallest absolute Gasteiger partial charge is 0.284 e. The lowest BCUT2D eigenvalue weighted by Gasteiger charge is -2.07. The van der Waals surface area contributed by atoms with Crippen molar-refractivity contribution in [3.63, 3.8) is 0 Å². The number of carbonyl (C=O) groups is 1. The van der Waals surface area contributed by atoms with Gasteiger partial charge in [0.25, 0.3) is 5.69 Å². The molecule has 6 nitrogen and oxygen atoms in total. The molecule has 2 aromatic carbocycles. The van der Waals surface area contributed by atoms with Gasteiger partial charge in [-0.25, -0.2) is 0 Å². The highest BCUT2D eigenvalue weighted by atomic mass is 16.6. The van der Waals surface area contributed by atoms with Crippen LogP contribution in [0.3, 0.4) is 0 Å². The molecule has 1 aliphatic heterocycles. The largest absolute Gasteiger partial charge is 0.491 e. The van der Waals surface area contributed by atoms with E-state index in [0.29, 0.717) is 24.5 Å². The molecule has 6 heteroatoms. The number of nitro benzene ring substituents is 1. The van der Waals surface area contributed by atoms with Gasteiger partial charge in [-0.15, -0.1) is 0 Å². The Kier molecular flexibility index (Phi) is 3.84. The van der Waals surface area contributed by atoms with E-state index in [0.717, 1.165) is 0 Å². The van der Waals surface area contributed by atoms with E-state index in [1.807, 2.05) is 0 Å². The Labute approximate surface area is 126 Å². The molecule has 0 aromatic heterocycles. The summed E-state index contributed by atoms with van der Waals surface area (Å²) in [4.78, 5) is 23.1. The summed E-state index contributed by atoms with van der Waals surface area (Å²) in [5.74, 6) is -0.0313. The molecule has 1 heterocycles. The van der Waals surface area contributed by atoms with Crippen molar-refractivity contribution < 1.29 is 19.2 Å². The van der Waals surface area contributed by atoms with Crippen LogP contribution in [0.25, 0.3) is 0 Å². The summed E-state index contributed by atoms with van der Waals surface area (Å²) in [7, 11) is 0. The minimum Gasteiger partial charge on any atom is -0.491 e. The molecule has 1 fully saturated rings. The van der Waals surface area contributed by atoms with Gasteiger partial charge in [-0.2, -0.15) is 0 Å². The van der Waals surface area contributed by atoms with Gasteiger partial charge in [0.15, 0.2) is 5.78 Å². The lowest BCUT2D eigenvalue weighted by atomic mass is 10.0. The first-order chi connectivity index (χ1) is 10.6. The molecule has 0 N–H and O–H groups in total. The fourth-order valence-corrected chi connectivity index (χ4v) is 2.04. The summed E-state index contributed by atoms with van der Waals surface area (Å²) >= 11 is 0. The first-order valence-corrected chi connectivity index (χ1v) is 6.78. The normalized spacial score (nSPS) is 16.1. The molecule has 1 aliphatic rings. The van der Waals surface area contributed by atoms with Crippen molar-refractivity contribution in [3.05, 3.63) is 69.8 Å². The summed E-state index contributed by atoms with van der Waals surface area (Å²) in [6.45, 7) is 0.996. The second kappa shape index (κ2) is 5.95. The van der Waals surface area contributed by atoms with Gasteiger partial charge >= 0.3 is 0 Å². The topological polar surface area (TPSA) is 82.0 Å². The van der Waals surface area contributed by atoms with E-state index < -0.39 is 4.92 Å². The van der Waals surface area contributed by atoms with E-state index in [9.17, 15) is 14.9 Å². The summed E-state index contributed by atoms with van der Waals surface area (Å²) < 4.78 is 10.4.